The van der Waals surface area contributed by atoms with E-state index in [-0.39, 0.29) is 6.61 Å². The van der Waals surface area contributed by atoms with E-state index >= 15 is 0 Å². The average molecular weight is 320 g/mol. The Hall–Kier alpha value is -0.190. The highest BCUT2D eigenvalue weighted by Crippen LogP contribution is 2.15. The first kappa shape index (κ1) is 21.8. The van der Waals surface area contributed by atoms with Crippen molar-refractivity contribution >= 4 is 0 Å². The van der Waals surface area contributed by atoms with Crippen LogP contribution in [0.5, 0.6) is 0 Å². The largest absolute Gasteiger partial charge is 0.395 e. The molecule has 0 radical (unpaired) electrons. The van der Waals surface area contributed by atoms with E-state index in [2.05, 4.69) is 6.92 Å². The summed E-state index contributed by atoms with van der Waals surface area (Å²) in [5, 5.41) is 18.3. The number of unbranched alkanes of at least 4 members (excludes halogenated alkanes) is 11. The lowest BCUT2D eigenvalue weighted by molar-refractivity contribution is 0.0335. The zero-order valence-corrected chi connectivity index (χ0v) is 14.5. The van der Waals surface area contributed by atoms with Gasteiger partial charge in [-0.1, -0.05) is 84.0 Å². The SMILES string of the molecule is CCCCCCCCCCCCCC[C@@H](F)[C@H](O)[C@H](N)CO. The highest BCUT2D eigenvalue weighted by molar-refractivity contribution is 4.78. The van der Waals surface area contributed by atoms with Crippen LogP contribution in [0.3, 0.4) is 0 Å². The molecule has 3 atom stereocenters. The van der Waals surface area contributed by atoms with E-state index in [0.29, 0.717) is 6.42 Å². The third kappa shape index (κ3) is 12.4. The van der Waals surface area contributed by atoms with Crippen LogP contribution in [0.25, 0.3) is 0 Å². The molecule has 0 unspecified atom stereocenters. The van der Waals surface area contributed by atoms with E-state index in [1.807, 2.05) is 0 Å². The summed E-state index contributed by atoms with van der Waals surface area (Å²) in [7, 11) is 0. The fourth-order valence-corrected chi connectivity index (χ4v) is 2.73. The maximum atomic E-state index is 13.6. The Morgan fingerprint density at radius 2 is 1.23 bits per heavy atom. The van der Waals surface area contributed by atoms with E-state index in [4.69, 9.17) is 10.8 Å². The van der Waals surface area contributed by atoms with Crippen LogP contribution in [0.15, 0.2) is 0 Å². The third-order valence-corrected chi connectivity index (χ3v) is 4.35. The van der Waals surface area contributed by atoms with Crippen LogP contribution in [-0.4, -0.2) is 35.1 Å². The molecule has 0 aliphatic carbocycles. The Balaban J connectivity index is 3.26. The van der Waals surface area contributed by atoms with Crippen LogP contribution in [-0.2, 0) is 0 Å². The molecule has 134 valence electrons. The van der Waals surface area contributed by atoms with Crippen LogP contribution < -0.4 is 5.73 Å². The molecule has 0 aliphatic heterocycles. The Kier molecular flexibility index (Phi) is 15.6. The minimum atomic E-state index is -1.31. The first-order chi connectivity index (χ1) is 10.6. The summed E-state index contributed by atoms with van der Waals surface area (Å²) < 4.78 is 13.6. The fraction of sp³-hybridized carbons (Fsp3) is 1.00. The summed E-state index contributed by atoms with van der Waals surface area (Å²) in [5.41, 5.74) is 5.41. The Bertz CT molecular complexity index is 229. The zero-order valence-electron chi connectivity index (χ0n) is 14.5. The summed E-state index contributed by atoms with van der Waals surface area (Å²) >= 11 is 0. The minimum Gasteiger partial charge on any atom is -0.395 e. The Morgan fingerprint density at radius 3 is 1.64 bits per heavy atom. The molecule has 0 aromatic heterocycles. The van der Waals surface area contributed by atoms with Gasteiger partial charge in [-0.05, 0) is 6.42 Å². The average Bonchev–Trinajstić information content (AvgIpc) is 2.54. The second-order valence-electron chi connectivity index (χ2n) is 6.53. The number of aliphatic hydroxyl groups is 2. The van der Waals surface area contributed by atoms with Crippen molar-refractivity contribution in [3.63, 3.8) is 0 Å². The normalized spacial score (nSPS) is 15.7. The van der Waals surface area contributed by atoms with Gasteiger partial charge in [0.2, 0.25) is 0 Å². The molecule has 0 spiro atoms. The standard InChI is InChI=1S/C18H38FNO2/c1-2-3-4-5-6-7-8-9-10-11-12-13-14-16(19)18(22)17(20)15-21/h16-18,21-22H,2-15,20H2,1H3/t16-,17-,18+/m1/s1. The maximum absolute atomic E-state index is 13.6. The molecule has 0 aliphatic rings. The van der Waals surface area contributed by atoms with Crippen molar-refractivity contribution in [2.45, 2.75) is 109 Å². The molecule has 0 saturated heterocycles. The van der Waals surface area contributed by atoms with Gasteiger partial charge in [0.25, 0.3) is 0 Å². The summed E-state index contributed by atoms with van der Waals surface area (Å²) in [6.45, 7) is 1.87. The number of alkyl halides is 1. The van der Waals surface area contributed by atoms with Crippen molar-refractivity contribution in [2.24, 2.45) is 5.73 Å². The number of hydrogen-bond donors (Lipinski definition) is 3. The molecule has 0 aromatic rings. The number of rotatable bonds is 16. The van der Waals surface area contributed by atoms with E-state index in [9.17, 15) is 9.50 Å². The molecule has 0 aromatic carbocycles. The molecular formula is C18H38FNO2. The van der Waals surface area contributed by atoms with Gasteiger partial charge < -0.3 is 15.9 Å². The number of aliphatic hydroxyl groups excluding tert-OH is 2. The molecule has 0 rings (SSSR count). The quantitative estimate of drug-likeness (QED) is 0.375. The monoisotopic (exact) mass is 319 g/mol. The van der Waals surface area contributed by atoms with Gasteiger partial charge >= 0.3 is 0 Å². The Morgan fingerprint density at radius 1 is 0.818 bits per heavy atom. The second-order valence-corrected chi connectivity index (χ2v) is 6.53. The van der Waals surface area contributed by atoms with Gasteiger partial charge in [-0.15, -0.1) is 0 Å². The molecule has 0 saturated carbocycles. The van der Waals surface area contributed by atoms with Crippen LogP contribution in [0, 0.1) is 0 Å². The summed E-state index contributed by atoms with van der Waals surface area (Å²) in [6.07, 6.45) is 12.7. The van der Waals surface area contributed by atoms with Crippen molar-refractivity contribution < 1.29 is 14.6 Å². The lowest BCUT2D eigenvalue weighted by Crippen LogP contribution is -2.43. The molecule has 0 heterocycles. The van der Waals surface area contributed by atoms with Crippen molar-refractivity contribution in [3.05, 3.63) is 0 Å². The number of nitrogens with two attached hydrogens (primary N) is 1. The van der Waals surface area contributed by atoms with E-state index in [1.54, 1.807) is 0 Å². The van der Waals surface area contributed by atoms with Gasteiger partial charge in [-0.25, -0.2) is 4.39 Å². The molecular weight excluding hydrogens is 281 g/mol. The maximum Gasteiger partial charge on any atom is 0.127 e. The lowest BCUT2D eigenvalue weighted by atomic mass is 10.0. The first-order valence-electron chi connectivity index (χ1n) is 9.32. The van der Waals surface area contributed by atoms with Gasteiger partial charge in [-0.2, -0.15) is 0 Å². The molecule has 3 nitrogen and oxygen atoms in total. The highest BCUT2D eigenvalue weighted by Gasteiger charge is 2.23. The molecule has 4 heteroatoms. The lowest BCUT2D eigenvalue weighted by Gasteiger charge is -2.20. The van der Waals surface area contributed by atoms with Crippen LogP contribution in [0.4, 0.5) is 4.39 Å². The molecule has 0 amide bonds. The van der Waals surface area contributed by atoms with Gasteiger partial charge in [0.1, 0.15) is 12.3 Å². The minimum absolute atomic E-state index is 0.340. The highest BCUT2D eigenvalue weighted by atomic mass is 19.1. The summed E-state index contributed by atoms with van der Waals surface area (Å²) in [5.74, 6) is 0. The van der Waals surface area contributed by atoms with Crippen LogP contribution in [0.1, 0.15) is 90.4 Å². The van der Waals surface area contributed by atoms with Crippen molar-refractivity contribution in [1.29, 1.82) is 0 Å². The smallest absolute Gasteiger partial charge is 0.127 e. The molecule has 0 fully saturated rings. The van der Waals surface area contributed by atoms with E-state index < -0.39 is 18.3 Å². The van der Waals surface area contributed by atoms with Crippen molar-refractivity contribution in [1.82, 2.24) is 0 Å². The van der Waals surface area contributed by atoms with E-state index in [1.165, 1.54) is 57.8 Å². The first-order valence-corrected chi connectivity index (χ1v) is 9.32. The molecule has 0 bridgehead atoms. The topological polar surface area (TPSA) is 66.5 Å². The Labute approximate surface area is 136 Å². The van der Waals surface area contributed by atoms with Gasteiger partial charge in [-0.3, -0.25) is 0 Å². The van der Waals surface area contributed by atoms with Gasteiger partial charge in [0.05, 0.1) is 12.6 Å². The molecule has 4 N–H and O–H groups in total. The second kappa shape index (κ2) is 15.7. The van der Waals surface area contributed by atoms with Crippen LogP contribution in [0.2, 0.25) is 0 Å². The van der Waals surface area contributed by atoms with E-state index in [0.717, 1.165) is 19.3 Å². The van der Waals surface area contributed by atoms with Crippen molar-refractivity contribution in [2.75, 3.05) is 6.61 Å². The van der Waals surface area contributed by atoms with Gasteiger partial charge in [0, 0.05) is 0 Å². The number of hydrogen-bond acceptors (Lipinski definition) is 3. The zero-order chi connectivity index (χ0) is 16.6. The third-order valence-electron chi connectivity index (χ3n) is 4.35. The van der Waals surface area contributed by atoms with Gasteiger partial charge in [0.15, 0.2) is 0 Å². The van der Waals surface area contributed by atoms with Crippen LogP contribution >= 0.6 is 0 Å². The van der Waals surface area contributed by atoms with Crippen molar-refractivity contribution in [3.8, 4) is 0 Å². The number of halogens is 1. The predicted octanol–water partition coefficient (Wildman–Crippen LogP) is 4.10. The summed E-state index contributed by atoms with van der Waals surface area (Å²) in [6, 6.07) is -0.868. The summed E-state index contributed by atoms with van der Waals surface area (Å²) in [4.78, 5) is 0. The molecule has 22 heavy (non-hydrogen) atoms. The predicted molar refractivity (Wildman–Crippen MR) is 91.7 cm³/mol. The fourth-order valence-electron chi connectivity index (χ4n) is 2.73.